The molecule has 0 spiro atoms. The molecular formula is C11H6Cl2O. The molecule has 0 N–H and O–H groups in total. The van der Waals surface area contributed by atoms with Crippen molar-refractivity contribution in [2.45, 2.75) is 0 Å². The van der Waals surface area contributed by atoms with Crippen LogP contribution >= 0.6 is 23.2 Å². The van der Waals surface area contributed by atoms with E-state index < -0.39 is 5.24 Å². The first-order chi connectivity index (χ1) is 6.68. The van der Waals surface area contributed by atoms with Gasteiger partial charge in [-0.1, -0.05) is 29.8 Å². The molecule has 2 rings (SSSR count). The van der Waals surface area contributed by atoms with Gasteiger partial charge in [-0.2, -0.15) is 0 Å². The quantitative estimate of drug-likeness (QED) is 0.673. The van der Waals surface area contributed by atoms with Crippen LogP contribution < -0.4 is 0 Å². The van der Waals surface area contributed by atoms with Crippen molar-refractivity contribution in [2.24, 2.45) is 0 Å². The lowest BCUT2D eigenvalue weighted by Gasteiger charge is -2.01. The van der Waals surface area contributed by atoms with Crippen LogP contribution in [-0.4, -0.2) is 5.24 Å². The minimum absolute atomic E-state index is 0.465. The molecule has 0 bridgehead atoms. The number of halogens is 2. The highest BCUT2D eigenvalue weighted by molar-refractivity contribution is 6.67. The van der Waals surface area contributed by atoms with E-state index in [2.05, 4.69) is 0 Å². The van der Waals surface area contributed by atoms with Crippen LogP contribution in [0, 0.1) is 0 Å². The zero-order chi connectivity index (χ0) is 10.1. The Kier molecular flexibility index (Phi) is 2.44. The third-order valence-corrected chi connectivity index (χ3v) is 2.60. The summed E-state index contributed by atoms with van der Waals surface area (Å²) in [5.74, 6) is 0. The van der Waals surface area contributed by atoms with Gasteiger partial charge in [0.2, 0.25) is 0 Å². The Morgan fingerprint density at radius 2 is 1.93 bits per heavy atom. The fraction of sp³-hybridized carbons (Fsp3) is 0. The summed E-state index contributed by atoms with van der Waals surface area (Å²) in [6.07, 6.45) is 0. The highest BCUT2D eigenvalue weighted by Gasteiger charge is 2.04. The molecule has 0 aromatic heterocycles. The molecule has 2 aromatic carbocycles. The minimum Gasteiger partial charge on any atom is -0.276 e. The molecule has 2 aromatic rings. The van der Waals surface area contributed by atoms with E-state index in [9.17, 15) is 4.79 Å². The fourth-order valence-corrected chi connectivity index (χ4v) is 1.71. The first-order valence-corrected chi connectivity index (χ1v) is 4.82. The van der Waals surface area contributed by atoms with Crippen molar-refractivity contribution in [1.29, 1.82) is 0 Å². The van der Waals surface area contributed by atoms with Crippen molar-refractivity contribution in [3.63, 3.8) is 0 Å². The van der Waals surface area contributed by atoms with Gasteiger partial charge in [-0.05, 0) is 35.2 Å². The second-order valence-electron chi connectivity index (χ2n) is 2.95. The molecule has 0 saturated carbocycles. The molecule has 70 valence electrons. The zero-order valence-electron chi connectivity index (χ0n) is 7.13. The average molecular weight is 225 g/mol. The van der Waals surface area contributed by atoms with E-state index in [0.29, 0.717) is 10.6 Å². The molecular weight excluding hydrogens is 219 g/mol. The lowest BCUT2D eigenvalue weighted by molar-refractivity contribution is 0.108. The molecule has 1 nitrogen and oxygen atoms in total. The lowest BCUT2D eigenvalue weighted by Crippen LogP contribution is -1.87. The van der Waals surface area contributed by atoms with Crippen LogP contribution in [0.2, 0.25) is 5.02 Å². The summed E-state index contributed by atoms with van der Waals surface area (Å²) < 4.78 is 0. The van der Waals surface area contributed by atoms with Gasteiger partial charge in [0.05, 0.1) is 0 Å². The number of fused-ring (bicyclic) bond motifs is 1. The van der Waals surface area contributed by atoms with Crippen molar-refractivity contribution in [3.8, 4) is 0 Å². The van der Waals surface area contributed by atoms with Crippen LogP contribution in [0.1, 0.15) is 10.4 Å². The summed E-state index contributed by atoms with van der Waals surface area (Å²) in [4.78, 5) is 10.9. The van der Waals surface area contributed by atoms with Gasteiger partial charge in [-0.25, -0.2) is 0 Å². The summed E-state index contributed by atoms with van der Waals surface area (Å²) in [5.41, 5.74) is 0.465. The lowest BCUT2D eigenvalue weighted by atomic mass is 10.1. The third kappa shape index (κ3) is 1.61. The van der Waals surface area contributed by atoms with Crippen molar-refractivity contribution >= 4 is 39.2 Å². The normalized spacial score (nSPS) is 10.4. The number of hydrogen-bond acceptors (Lipinski definition) is 1. The maximum atomic E-state index is 10.9. The summed E-state index contributed by atoms with van der Waals surface area (Å²) in [7, 11) is 0. The van der Waals surface area contributed by atoms with Gasteiger partial charge in [0.25, 0.3) is 5.24 Å². The average Bonchev–Trinajstić information content (AvgIpc) is 2.18. The van der Waals surface area contributed by atoms with Gasteiger partial charge < -0.3 is 0 Å². The maximum Gasteiger partial charge on any atom is 0.252 e. The van der Waals surface area contributed by atoms with Crippen molar-refractivity contribution in [2.75, 3.05) is 0 Å². The molecule has 0 aliphatic carbocycles. The second kappa shape index (κ2) is 3.60. The molecule has 0 heterocycles. The number of carbonyl (C=O) groups is 1. The Morgan fingerprint density at radius 1 is 1.14 bits per heavy atom. The Bertz CT molecular complexity index is 506. The molecule has 0 fully saturated rings. The van der Waals surface area contributed by atoms with E-state index >= 15 is 0 Å². The Morgan fingerprint density at radius 3 is 2.64 bits per heavy atom. The minimum atomic E-state index is -0.466. The molecule has 0 unspecified atom stereocenters. The first-order valence-electron chi connectivity index (χ1n) is 4.06. The van der Waals surface area contributed by atoms with E-state index in [4.69, 9.17) is 23.2 Å². The van der Waals surface area contributed by atoms with Crippen LogP contribution in [0.15, 0.2) is 36.4 Å². The van der Waals surface area contributed by atoms with Crippen LogP contribution in [-0.2, 0) is 0 Å². The number of carbonyl (C=O) groups excluding carboxylic acids is 1. The van der Waals surface area contributed by atoms with Gasteiger partial charge in [-0.15, -0.1) is 0 Å². The zero-order valence-corrected chi connectivity index (χ0v) is 8.64. The van der Waals surface area contributed by atoms with Gasteiger partial charge in [0.15, 0.2) is 0 Å². The largest absolute Gasteiger partial charge is 0.276 e. The Hall–Kier alpha value is -1.05. The van der Waals surface area contributed by atoms with Crippen LogP contribution in [0.3, 0.4) is 0 Å². The van der Waals surface area contributed by atoms with Crippen LogP contribution in [0.4, 0.5) is 0 Å². The van der Waals surface area contributed by atoms with E-state index in [1.807, 2.05) is 18.2 Å². The third-order valence-electron chi connectivity index (χ3n) is 2.06. The highest BCUT2D eigenvalue weighted by Crippen LogP contribution is 2.24. The van der Waals surface area contributed by atoms with Crippen molar-refractivity contribution in [3.05, 3.63) is 47.0 Å². The van der Waals surface area contributed by atoms with Gasteiger partial charge in [-0.3, -0.25) is 4.79 Å². The summed E-state index contributed by atoms with van der Waals surface area (Å²) in [6.45, 7) is 0. The SMILES string of the molecule is O=C(Cl)c1ccc2cccc(Cl)c2c1. The first kappa shape index (κ1) is 9.50. The number of rotatable bonds is 1. The summed E-state index contributed by atoms with van der Waals surface area (Å²) in [6, 6.07) is 10.8. The van der Waals surface area contributed by atoms with Crippen molar-refractivity contribution < 1.29 is 4.79 Å². The van der Waals surface area contributed by atoms with E-state index in [1.165, 1.54) is 0 Å². The molecule has 0 aliphatic rings. The summed E-state index contributed by atoms with van der Waals surface area (Å²) in [5, 5.41) is 2.01. The molecule has 0 saturated heterocycles. The number of benzene rings is 2. The number of hydrogen-bond donors (Lipinski definition) is 0. The maximum absolute atomic E-state index is 10.9. The van der Waals surface area contributed by atoms with Gasteiger partial charge in [0, 0.05) is 16.0 Å². The van der Waals surface area contributed by atoms with E-state index in [1.54, 1.807) is 18.2 Å². The van der Waals surface area contributed by atoms with Crippen LogP contribution in [0.5, 0.6) is 0 Å². The molecule has 0 amide bonds. The van der Waals surface area contributed by atoms with Gasteiger partial charge >= 0.3 is 0 Å². The van der Waals surface area contributed by atoms with Crippen molar-refractivity contribution in [1.82, 2.24) is 0 Å². The Labute approximate surface area is 91.2 Å². The molecule has 0 radical (unpaired) electrons. The molecule has 14 heavy (non-hydrogen) atoms. The monoisotopic (exact) mass is 224 g/mol. The predicted molar refractivity (Wildman–Crippen MR) is 59.1 cm³/mol. The molecule has 0 aliphatic heterocycles. The van der Waals surface area contributed by atoms with E-state index in [0.717, 1.165) is 10.8 Å². The standard InChI is InChI=1S/C11H6Cl2O/c12-10-3-1-2-7-4-5-8(11(13)14)6-9(7)10/h1-6H. The summed E-state index contributed by atoms with van der Waals surface area (Å²) >= 11 is 11.4. The Balaban J connectivity index is 2.76. The van der Waals surface area contributed by atoms with E-state index in [-0.39, 0.29) is 0 Å². The highest BCUT2D eigenvalue weighted by atomic mass is 35.5. The molecule has 3 heteroatoms. The fourth-order valence-electron chi connectivity index (χ4n) is 1.36. The predicted octanol–water partition coefficient (Wildman–Crippen LogP) is 3.87. The van der Waals surface area contributed by atoms with Gasteiger partial charge in [0.1, 0.15) is 0 Å². The molecule has 0 atom stereocenters. The van der Waals surface area contributed by atoms with Crippen LogP contribution in [0.25, 0.3) is 10.8 Å². The smallest absolute Gasteiger partial charge is 0.252 e. The topological polar surface area (TPSA) is 17.1 Å². The second-order valence-corrected chi connectivity index (χ2v) is 3.70.